The Balaban J connectivity index is 2.57. The van der Waals surface area contributed by atoms with Crippen molar-refractivity contribution in [2.75, 3.05) is 13.1 Å². The van der Waals surface area contributed by atoms with Gasteiger partial charge in [-0.25, -0.2) is 9.18 Å². The molecule has 1 heterocycles. The van der Waals surface area contributed by atoms with Gasteiger partial charge in [-0.2, -0.15) is 5.26 Å². The molecule has 0 spiro atoms. The molecule has 4 nitrogen and oxygen atoms in total. The molecule has 0 aromatic carbocycles. The number of carbonyl (C=O) groups is 1. The fourth-order valence-corrected chi connectivity index (χ4v) is 1.72. The maximum Gasteiger partial charge on any atom is 0.410 e. The third-order valence-electron chi connectivity index (χ3n) is 2.64. The van der Waals surface area contributed by atoms with E-state index in [0.717, 1.165) is 0 Å². The van der Waals surface area contributed by atoms with Gasteiger partial charge in [0, 0.05) is 13.1 Å². The molecule has 0 N–H and O–H groups in total. The molecule has 1 fully saturated rings. The maximum absolute atomic E-state index is 13.5. The normalized spacial score (nSPS) is 25.9. The second-order valence-corrected chi connectivity index (χ2v) is 5.30. The Labute approximate surface area is 101 Å². The fraction of sp³-hybridized carbons (Fsp3) is 0.833. The SMILES string of the molecule is CC(C)(C)OC(=O)N1CCC(F)C(C#N)CC1. The lowest BCUT2D eigenvalue weighted by molar-refractivity contribution is 0.0254. The Morgan fingerprint density at radius 3 is 2.53 bits per heavy atom. The van der Waals surface area contributed by atoms with Crippen LogP contribution in [-0.4, -0.2) is 35.9 Å². The van der Waals surface area contributed by atoms with E-state index in [-0.39, 0.29) is 6.42 Å². The molecule has 1 saturated heterocycles. The molecule has 5 heteroatoms. The summed E-state index contributed by atoms with van der Waals surface area (Å²) >= 11 is 0. The van der Waals surface area contributed by atoms with Gasteiger partial charge in [0.25, 0.3) is 0 Å². The predicted octanol–water partition coefficient (Wildman–Crippen LogP) is 2.50. The number of carbonyl (C=O) groups excluding carboxylic acids is 1. The molecule has 1 aliphatic heterocycles. The standard InChI is InChI=1S/C12H19FN2O2/c1-12(2,3)17-11(16)15-6-4-9(8-14)10(13)5-7-15/h9-10H,4-7H2,1-3H3. The van der Waals surface area contributed by atoms with Crippen LogP contribution in [0.3, 0.4) is 0 Å². The highest BCUT2D eigenvalue weighted by molar-refractivity contribution is 5.68. The third-order valence-corrected chi connectivity index (χ3v) is 2.64. The average molecular weight is 242 g/mol. The number of nitrogens with zero attached hydrogens (tertiary/aromatic N) is 2. The van der Waals surface area contributed by atoms with E-state index in [4.69, 9.17) is 10.00 Å². The van der Waals surface area contributed by atoms with Crippen LogP contribution >= 0.6 is 0 Å². The molecular formula is C12H19FN2O2. The molecule has 0 saturated carbocycles. The maximum atomic E-state index is 13.5. The highest BCUT2D eigenvalue weighted by Crippen LogP contribution is 2.21. The quantitative estimate of drug-likeness (QED) is 0.655. The monoisotopic (exact) mass is 242 g/mol. The molecule has 0 aliphatic carbocycles. The van der Waals surface area contributed by atoms with Crippen LogP contribution in [0.5, 0.6) is 0 Å². The van der Waals surface area contributed by atoms with E-state index < -0.39 is 23.8 Å². The van der Waals surface area contributed by atoms with Crippen molar-refractivity contribution in [1.29, 1.82) is 5.26 Å². The Kier molecular flexibility index (Phi) is 4.33. The number of hydrogen-bond donors (Lipinski definition) is 0. The molecular weight excluding hydrogens is 223 g/mol. The van der Waals surface area contributed by atoms with E-state index in [1.54, 1.807) is 20.8 Å². The van der Waals surface area contributed by atoms with Gasteiger partial charge in [0.05, 0.1) is 12.0 Å². The number of alkyl halides is 1. The smallest absolute Gasteiger partial charge is 0.410 e. The third kappa shape index (κ3) is 4.22. The number of nitriles is 1. The largest absolute Gasteiger partial charge is 0.444 e. The van der Waals surface area contributed by atoms with Crippen molar-refractivity contribution in [2.45, 2.75) is 45.4 Å². The summed E-state index contributed by atoms with van der Waals surface area (Å²) in [7, 11) is 0. The van der Waals surface area contributed by atoms with Crippen molar-refractivity contribution in [2.24, 2.45) is 5.92 Å². The minimum Gasteiger partial charge on any atom is -0.444 e. The molecule has 1 rings (SSSR count). The summed E-state index contributed by atoms with van der Waals surface area (Å²) in [6, 6.07) is 1.95. The van der Waals surface area contributed by atoms with E-state index in [1.165, 1.54) is 4.90 Å². The van der Waals surface area contributed by atoms with Crippen LogP contribution in [0.4, 0.5) is 9.18 Å². The first-order valence-electron chi connectivity index (χ1n) is 5.85. The molecule has 0 aromatic rings. The molecule has 17 heavy (non-hydrogen) atoms. The summed E-state index contributed by atoms with van der Waals surface area (Å²) in [5.74, 6) is -0.609. The van der Waals surface area contributed by atoms with Crippen LogP contribution in [-0.2, 0) is 4.74 Å². The second-order valence-electron chi connectivity index (χ2n) is 5.30. The zero-order chi connectivity index (χ0) is 13.1. The first-order valence-corrected chi connectivity index (χ1v) is 5.85. The highest BCUT2D eigenvalue weighted by atomic mass is 19.1. The van der Waals surface area contributed by atoms with Gasteiger partial charge in [0.15, 0.2) is 0 Å². The summed E-state index contributed by atoms with van der Waals surface area (Å²) < 4.78 is 18.7. The molecule has 96 valence electrons. The van der Waals surface area contributed by atoms with Crippen LogP contribution in [0.25, 0.3) is 0 Å². The molecule has 1 amide bonds. The summed E-state index contributed by atoms with van der Waals surface area (Å²) in [5, 5.41) is 8.77. The van der Waals surface area contributed by atoms with Gasteiger partial charge in [0.2, 0.25) is 0 Å². The molecule has 2 atom stereocenters. The second kappa shape index (κ2) is 5.35. The molecule has 0 aromatic heterocycles. The van der Waals surface area contributed by atoms with Gasteiger partial charge >= 0.3 is 6.09 Å². The van der Waals surface area contributed by atoms with Gasteiger partial charge in [-0.05, 0) is 33.6 Å². The number of halogens is 1. The van der Waals surface area contributed by atoms with Crippen molar-refractivity contribution in [3.8, 4) is 6.07 Å². The van der Waals surface area contributed by atoms with E-state index in [1.807, 2.05) is 6.07 Å². The first-order chi connectivity index (χ1) is 7.83. The molecule has 0 bridgehead atoms. The Hall–Kier alpha value is -1.31. The van der Waals surface area contributed by atoms with Crippen LogP contribution < -0.4 is 0 Å². The minimum absolute atomic E-state index is 0.206. The van der Waals surface area contributed by atoms with Gasteiger partial charge in [-0.15, -0.1) is 0 Å². The summed E-state index contributed by atoms with van der Waals surface area (Å²) in [6.07, 6.45) is -0.996. The summed E-state index contributed by atoms with van der Waals surface area (Å²) in [6.45, 7) is 6.07. The van der Waals surface area contributed by atoms with Crippen molar-refractivity contribution >= 4 is 6.09 Å². The van der Waals surface area contributed by atoms with Crippen molar-refractivity contribution < 1.29 is 13.9 Å². The molecule has 2 unspecified atom stereocenters. The van der Waals surface area contributed by atoms with Crippen molar-refractivity contribution in [1.82, 2.24) is 4.90 Å². The van der Waals surface area contributed by atoms with E-state index in [2.05, 4.69) is 0 Å². The topological polar surface area (TPSA) is 53.3 Å². The Morgan fingerprint density at radius 2 is 2.00 bits per heavy atom. The fourth-order valence-electron chi connectivity index (χ4n) is 1.72. The number of likely N-dealkylation sites (tertiary alicyclic amines) is 1. The first kappa shape index (κ1) is 13.8. The minimum atomic E-state index is -1.15. The summed E-state index contributed by atoms with van der Waals surface area (Å²) in [4.78, 5) is 13.2. The zero-order valence-corrected chi connectivity index (χ0v) is 10.6. The predicted molar refractivity (Wildman–Crippen MR) is 61.0 cm³/mol. The van der Waals surface area contributed by atoms with E-state index in [0.29, 0.717) is 19.5 Å². The summed E-state index contributed by atoms with van der Waals surface area (Å²) in [5.41, 5.74) is -0.548. The van der Waals surface area contributed by atoms with E-state index >= 15 is 0 Å². The molecule has 1 aliphatic rings. The average Bonchev–Trinajstić information content (AvgIpc) is 2.37. The van der Waals surface area contributed by atoms with Gasteiger partial charge in [-0.1, -0.05) is 0 Å². The van der Waals surface area contributed by atoms with Crippen LogP contribution in [0.2, 0.25) is 0 Å². The van der Waals surface area contributed by atoms with E-state index in [9.17, 15) is 9.18 Å². The Morgan fingerprint density at radius 1 is 1.41 bits per heavy atom. The Bertz CT molecular complexity index is 319. The number of rotatable bonds is 0. The lowest BCUT2D eigenvalue weighted by Crippen LogP contribution is -2.37. The molecule has 0 radical (unpaired) electrons. The number of amides is 1. The van der Waals surface area contributed by atoms with Crippen LogP contribution in [0.15, 0.2) is 0 Å². The number of hydrogen-bond acceptors (Lipinski definition) is 3. The van der Waals surface area contributed by atoms with Crippen LogP contribution in [0.1, 0.15) is 33.6 Å². The lowest BCUT2D eigenvalue weighted by Gasteiger charge is -2.26. The highest BCUT2D eigenvalue weighted by Gasteiger charge is 2.30. The van der Waals surface area contributed by atoms with Gasteiger partial charge in [-0.3, -0.25) is 0 Å². The lowest BCUT2D eigenvalue weighted by atomic mass is 10.0. The van der Waals surface area contributed by atoms with Crippen molar-refractivity contribution in [3.63, 3.8) is 0 Å². The zero-order valence-electron chi connectivity index (χ0n) is 10.6. The van der Waals surface area contributed by atoms with Gasteiger partial charge in [0.1, 0.15) is 11.8 Å². The van der Waals surface area contributed by atoms with Crippen molar-refractivity contribution in [3.05, 3.63) is 0 Å². The van der Waals surface area contributed by atoms with Crippen LogP contribution in [0, 0.1) is 17.2 Å². The number of ether oxygens (including phenoxy) is 1. The van der Waals surface area contributed by atoms with Gasteiger partial charge < -0.3 is 9.64 Å².